The van der Waals surface area contributed by atoms with Crippen LogP contribution in [0.1, 0.15) is 24.2 Å². The first-order valence-corrected chi connectivity index (χ1v) is 9.01. The van der Waals surface area contributed by atoms with Gasteiger partial charge in [-0.25, -0.2) is 14.6 Å². The Balaban J connectivity index is 1.69. The highest BCUT2D eigenvalue weighted by Gasteiger charge is 2.19. The molecular weight excluding hydrogens is 372 g/mol. The Morgan fingerprint density at radius 3 is 2.67 bits per heavy atom. The number of piperidine rings is 1. The van der Waals surface area contributed by atoms with Gasteiger partial charge in [0.25, 0.3) is 0 Å². The summed E-state index contributed by atoms with van der Waals surface area (Å²) in [5.41, 5.74) is 1.96. The monoisotopic (exact) mass is 394 g/mol. The summed E-state index contributed by atoms with van der Waals surface area (Å²) >= 11 is 3.55. The molecular formula is C16H23BrN6O. The fourth-order valence-electron chi connectivity index (χ4n) is 3.04. The highest BCUT2D eigenvalue weighted by molar-refractivity contribution is 9.10. The average Bonchev–Trinajstić information content (AvgIpc) is 2.85. The van der Waals surface area contributed by atoms with Crippen LogP contribution in [0.2, 0.25) is 0 Å². The maximum Gasteiger partial charge on any atom is 0.159 e. The lowest BCUT2D eigenvalue weighted by atomic mass is 10.1. The van der Waals surface area contributed by atoms with Gasteiger partial charge in [0, 0.05) is 31.7 Å². The summed E-state index contributed by atoms with van der Waals surface area (Å²) in [5.74, 6) is 1.58. The molecule has 8 heteroatoms. The molecule has 0 atom stereocenters. The summed E-state index contributed by atoms with van der Waals surface area (Å²) in [7, 11) is 0. The molecule has 3 rings (SSSR count). The zero-order valence-corrected chi connectivity index (χ0v) is 15.6. The molecule has 0 bridgehead atoms. The molecule has 1 aliphatic rings. The first kappa shape index (κ1) is 17.3. The number of nitrogens with zero attached hydrogens (tertiary/aromatic N) is 5. The molecule has 2 aromatic rings. The van der Waals surface area contributed by atoms with Gasteiger partial charge in [-0.1, -0.05) is 0 Å². The third-order valence-electron chi connectivity index (χ3n) is 4.43. The Kier molecular flexibility index (Phi) is 5.47. The molecule has 1 saturated heterocycles. The van der Waals surface area contributed by atoms with E-state index in [2.05, 4.69) is 41.2 Å². The molecule has 2 N–H and O–H groups in total. The first-order chi connectivity index (χ1) is 11.6. The molecule has 7 nitrogen and oxygen atoms in total. The van der Waals surface area contributed by atoms with E-state index in [-0.39, 0.29) is 6.61 Å². The fourth-order valence-corrected chi connectivity index (χ4v) is 3.29. The van der Waals surface area contributed by atoms with E-state index in [0.29, 0.717) is 6.04 Å². The van der Waals surface area contributed by atoms with E-state index in [0.717, 1.165) is 60.0 Å². The average molecular weight is 395 g/mol. The Bertz CT molecular complexity index is 696. The number of aliphatic hydroxyl groups is 1. The van der Waals surface area contributed by atoms with Gasteiger partial charge in [-0.3, -0.25) is 0 Å². The van der Waals surface area contributed by atoms with Crippen molar-refractivity contribution < 1.29 is 5.11 Å². The predicted octanol–water partition coefficient (Wildman–Crippen LogP) is 1.91. The number of aryl methyl sites for hydroxylation is 1. The van der Waals surface area contributed by atoms with Crippen LogP contribution in [0.4, 0.5) is 5.82 Å². The number of likely N-dealkylation sites (tertiary alicyclic amines) is 1. The van der Waals surface area contributed by atoms with E-state index in [1.807, 2.05) is 24.6 Å². The molecule has 3 heterocycles. The second-order valence-corrected chi connectivity index (χ2v) is 6.93. The van der Waals surface area contributed by atoms with Crippen molar-refractivity contribution >= 4 is 21.7 Å². The molecule has 0 radical (unpaired) electrons. The van der Waals surface area contributed by atoms with Crippen LogP contribution in [-0.2, 0) is 0 Å². The number of aromatic nitrogens is 4. The number of hydrogen-bond donors (Lipinski definition) is 2. The van der Waals surface area contributed by atoms with Crippen LogP contribution in [0, 0.1) is 13.8 Å². The highest BCUT2D eigenvalue weighted by atomic mass is 79.9. The van der Waals surface area contributed by atoms with Crippen molar-refractivity contribution in [2.24, 2.45) is 0 Å². The summed E-state index contributed by atoms with van der Waals surface area (Å²) in [6.07, 6.45) is 3.67. The lowest BCUT2D eigenvalue weighted by Crippen LogP contribution is -2.40. The normalized spacial score (nSPS) is 16.5. The number of halogens is 1. The second-order valence-electron chi connectivity index (χ2n) is 6.14. The molecule has 2 aromatic heterocycles. The lowest BCUT2D eigenvalue weighted by molar-refractivity contribution is 0.168. The minimum atomic E-state index is 0.228. The Morgan fingerprint density at radius 1 is 1.29 bits per heavy atom. The van der Waals surface area contributed by atoms with Gasteiger partial charge in [-0.15, -0.1) is 0 Å². The topological polar surface area (TPSA) is 79.1 Å². The van der Waals surface area contributed by atoms with Crippen molar-refractivity contribution in [2.45, 2.75) is 32.7 Å². The van der Waals surface area contributed by atoms with Crippen molar-refractivity contribution in [2.75, 3.05) is 31.6 Å². The van der Waals surface area contributed by atoms with Crippen molar-refractivity contribution in [1.82, 2.24) is 24.6 Å². The molecule has 130 valence electrons. The summed E-state index contributed by atoms with van der Waals surface area (Å²) in [6.45, 7) is 6.97. The molecule has 0 saturated carbocycles. The van der Waals surface area contributed by atoms with Crippen LogP contribution in [0.5, 0.6) is 0 Å². The zero-order valence-electron chi connectivity index (χ0n) is 14.0. The van der Waals surface area contributed by atoms with E-state index in [9.17, 15) is 0 Å². The number of anilines is 1. The number of rotatable bonds is 5. The fraction of sp³-hybridized carbons (Fsp3) is 0.562. The summed E-state index contributed by atoms with van der Waals surface area (Å²) in [4.78, 5) is 11.0. The minimum absolute atomic E-state index is 0.228. The van der Waals surface area contributed by atoms with Gasteiger partial charge in [0.05, 0.1) is 22.5 Å². The predicted molar refractivity (Wildman–Crippen MR) is 96.5 cm³/mol. The summed E-state index contributed by atoms with van der Waals surface area (Å²) in [6, 6.07) is 2.33. The quantitative estimate of drug-likeness (QED) is 0.806. The Hall–Kier alpha value is -1.51. The smallest absolute Gasteiger partial charge is 0.159 e. The molecule has 0 aliphatic carbocycles. The van der Waals surface area contributed by atoms with Crippen LogP contribution in [-0.4, -0.2) is 62.0 Å². The zero-order chi connectivity index (χ0) is 17.1. The van der Waals surface area contributed by atoms with Crippen molar-refractivity contribution in [3.63, 3.8) is 0 Å². The van der Waals surface area contributed by atoms with E-state index >= 15 is 0 Å². The van der Waals surface area contributed by atoms with Crippen LogP contribution >= 0.6 is 15.9 Å². The van der Waals surface area contributed by atoms with Gasteiger partial charge in [0.2, 0.25) is 0 Å². The SMILES string of the molecule is Cc1nn(-c2cc(NC3CCN(CCO)CC3)ncn2)c(C)c1Br. The van der Waals surface area contributed by atoms with E-state index in [4.69, 9.17) is 5.11 Å². The Morgan fingerprint density at radius 2 is 2.04 bits per heavy atom. The van der Waals surface area contributed by atoms with Gasteiger partial charge in [-0.2, -0.15) is 5.10 Å². The van der Waals surface area contributed by atoms with Crippen molar-refractivity contribution in [3.05, 3.63) is 28.3 Å². The molecule has 0 amide bonds. The van der Waals surface area contributed by atoms with Crippen molar-refractivity contribution in [3.8, 4) is 5.82 Å². The van der Waals surface area contributed by atoms with Crippen LogP contribution in [0.15, 0.2) is 16.9 Å². The number of aliphatic hydroxyl groups excluding tert-OH is 1. The third kappa shape index (κ3) is 3.76. The van der Waals surface area contributed by atoms with E-state index in [1.54, 1.807) is 6.33 Å². The third-order valence-corrected chi connectivity index (χ3v) is 5.58. The minimum Gasteiger partial charge on any atom is -0.395 e. The molecule has 0 unspecified atom stereocenters. The highest BCUT2D eigenvalue weighted by Crippen LogP contribution is 2.23. The van der Waals surface area contributed by atoms with Crippen LogP contribution in [0.25, 0.3) is 5.82 Å². The molecule has 1 fully saturated rings. The molecule has 0 spiro atoms. The van der Waals surface area contributed by atoms with Gasteiger partial charge in [0.15, 0.2) is 5.82 Å². The standard InChI is InChI=1S/C16H23BrN6O/c1-11-16(17)12(2)23(21-11)15-9-14(18-10-19-15)20-13-3-5-22(6-4-13)7-8-24/h9-10,13,24H,3-8H2,1-2H3,(H,18,19,20). The van der Waals surface area contributed by atoms with Crippen LogP contribution in [0.3, 0.4) is 0 Å². The van der Waals surface area contributed by atoms with E-state index < -0.39 is 0 Å². The van der Waals surface area contributed by atoms with Gasteiger partial charge in [-0.05, 0) is 42.6 Å². The number of nitrogens with one attached hydrogen (secondary N) is 1. The summed E-state index contributed by atoms with van der Waals surface area (Å²) in [5, 5.41) is 17.0. The largest absolute Gasteiger partial charge is 0.395 e. The van der Waals surface area contributed by atoms with Gasteiger partial charge >= 0.3 is 0 Å². The second kappa shape index (κ2) is 7.58. The first-order valence-electron chi connectivity index (χ1n) is 8.22. The lowest BCUT2D eigenvalue weighted by Gasteiger charge is -2.32. The van der Waals surface area contributed by atoms with Gasteiger partial charge < -0.3 is 15.3 Å². The molecule has 0 aromatic carbocycles. The molecule has 1 aliphatic heterocycles. The maximum atomic E-state index is 9.02. The number of hydrogen-bond acceptors (Lipinski definition) is 6. The molecule has 24 heavy (non-hydrogen) atoms. The number of β-amino-alcohol motifs (C(OH)–C–C–N with tert-alkyl or cyclic N) is 1. The van der Waals surface area contributed by atoms with Crippen molar-refractivity contribution in [1.29, 1.82) is 0 Å². The van der Waals surface area contributed by atoms with E-state index in [1.165, 1.54) is 0 Å². The maximum absolute atomic E-state index is 9.02. The summed E-state index contributed by atoms with van der Waals surface area (Å²) < 4.78 is 2.84. The van der Waals surface area contributed by atoms with Crippen LogP contribution < -0.4 is 5.32 Å². The van der Waals surface area contributed by atoms with Gasteiger partial charge in [0.1, 0.15) is 12.1 Å². The Labute approximate surface area is 150 Å².